The van der Waals surface area contributed by atoms with Crippen molar-refractivity contribution >= 4 is 17.9 Å². The van der Waals surface area contributed by atoms with Crippen molar-refractivity contribution in [1.29, 1.82) is 0 Å². The Morgan fingerprint density at radius 3 is 1.16 bits per heavy atom. The number of hydrogen-bond acceptors (Lipinski definition) is 8. The fourth-order valence-corrected chi connectivity index (χ4v) is 8.50. The van der Waals surface area contributed by atoms with Crippen molar-refractivity contribution in [3.63, 3.8) is 0 Å². The quantitative estimate of drug-likeness (QED) is 0.0195. The highest BCUT2D eigenvalue weighted by molar-refractivity contribution is 5.70. The standard InChI is InChI=1S/C65H115NO8/c1-6-8-10-12-14-16-18-20-22-24-26-27-28-29-30-31-32-33-34-35-36-37-38-40-42-44-46-48-50-52-54-56-63(68)74-61(60-73-65(64(69)70)71-58-57-66(3,4)5)59-72-62(67)55-53-51-49-47-45-43-41-39-25-23-21-19-17-15-13-11-9-7-2/h8,10,14,16,20,22-23,25-27,29-30,61,65H,6-7,9,11-13,15,17-19,21,24,28,31-60H2,1-5H3/b10-8-,16-14-,22-20-,25-23-,27-26-,30-29-. The zero-order chi connectivity index (χ0) is 54.1. The van der Waals surface area contributed by atoms with Crippen molar-refractivity contribution in [3.8, 4) is 0 Å². The summed E-state index contributed by atoms with van der Waals surface area (Å²) in [4.78, 5) is 37.3. The summed E-state index contributed by atoms with van der Waals surface area (Å²) in [5.74, 6) is -2.28. The van der Waals surface area contributed by atoms with E-state index in [2.05, 4.69) is 86.8 Å². The summed E-state index contributed by atoms with van der Waals surface area (Å²) in [6.45, 7) is 4.65. The first-order valence-corrected chi connectivity index (χ1v) is 30.6. The molecule has 0 amide bonds. The zero-order valence-electron chi connectivity index (χ0n) is 48.7. The maximum Gasteiger partial charge on any atom is 0.306 e. The van der Waals surface area contributed by atoms with E-state index < -0.39 is 24.3 Å². The molecule has 0 radical (unpaired) electrons. The Morgan fingerprint density at radius 1 is 0.419 bits per heavy atom. The highest BCUT2D eigenvalue weighted by Gasteiger charge is 2.22. The zero-order valence-corrected chi connectivity index (χ0v) is 48.7. The number of unbranched alkanes of at least 4 members (excludes halogenated alkanes) is 29. The van der Waals surface area contributed by atoms with Gasteiger partial charge < -0.3 is 33.3 Å². The van der Waals surface area contributed by atoms with Crippen molar-refractivity contribution in [3.05, 3.63) is 72.9 Å². The van der Waals surface area contributed by atoms with Crippen LogP contribution >= 0.6 is 0 Å². The van der Waals surface area contributed by atoms with Crippen molar-refractivity contribution in [1.82, 2.24) is 0 Å². The van der Waals surface area contributed by atoms with E-state index in [0.29, 0.717) is 17.4 Å². The third-order valence-electron chi connectivity index (χ3n) is 13.2. The van der Waals surface area contributed by atoms with Gasteiger partial charge in [0.25, 0.3) is 0 Å². The molecule has 2 unspecified atom stereocenters. The molecule has 0 spiro atoms. The Morgan fingerprint density at radius 2 is 0.770 bits per heavy atom. The van der Waals surface area contributed by atoms with Gasteiger partial charge in [-0.25, -0.2) is 0 Å². The van der Waals surface area contributed by atoms with E-state index in [4.69, 9.17) is 18.9 Å². The van der Waals surface area contributed by atoms with Gasteiger partial charge in [-0.2, -0.15) is 0 Å². The summed E-state index contributed by atoms with van der Waals surface area (Å²) in [5.41, 5.74) is 0. The SMILES string of the molecule is CC/C=C\C/C=C\C/C=C\C/C=C\C/C=C\CCCCCCCCCCCCCCCCCC(=O)OC(COC(=O)CCCCCCCCC/C=C\CCCCCCCCC)COC(OCC[N+](C)(C)C)C(=O)[O-]. The lowest BCUT2D eigenvalue weighted by Gasteiger charge is -2.26. The molecule has 0 fully saturated rings. The number of hydrogen-bond donors (Lipinski definition) is 0. The first kappa shape index (κ1) is 70.7. The number of carbonyl (C=O) groups is 3. The number of carboxylic acid groups (broad SMARTS) is 1. The predicted molar refractivity (Wildman–Crippen MR) is 311 cm³/mol. The minimum Gasteiger partial charge on any atom is -0.545 e. The molecule has 0 aliphatic heterocycles. The van der Waals surface area contributed by atoms with E-state index in [0.717, 1.165) is 83.5 Å². The fraction of sp³-hybridized carbons (Fsp3) is 0.769. The summed E-state index contributed by atoms with van der Waals surface area (Å²) in [6, 6.07) is 0. The lowest BCUT2D eigenvalue weighted by atomic mass is 10.0. The van der Waals surface area contributed by atoms with Gasteiger partial charge in [0, 0.05) is 12.8 Å². The molecule has 0 aliphatic carbocycles. The van der Waals surface area contributed by atoms with Gasteiger partial charge in [-0.15, -0.1) is 0 Å². The molecular formula is C65H115NO8. The highest BCUT2D eigenvalue weighted by Crippen LogP contribution is 2.16. The van der Waals surface area contributed by atoms with Crippen LogP contribution in [0.4, 0.5) is 0 Å². The number of carbonyl (C=O) groups excluding carboxylic acids is 3. The van der Waals surface area contributed by atoms with Gasteiger partial charge in [0.05, 0.1) is 40.3 Å². The van der Waals surface area contributed by atoms with E-state index >= 15 is 0 Å². The van der Waals surface area contributed by atoms with Crippen molar-refractivity contribution in [2.75, 3.05) is 47.5 Å². The number of quaternary nitrogens is 1. The molecule has 9 nitrogen and oxygen atoms in total. The van der Waals surface area contributed by atoms with Gasteiger partial charge in [-0.3, -0.25) is 9.59 Å². The molecule has 0 N–H and O–H groups in total. The van der Waals surface area contributed by atoms with Crippen LogP contribution in [0.5, 0.6) is 0 Å². The molecule has 0 saturated heterocycles. The van der Waals surface area contributed by atoms with E-state index in [1.54, 1.807) is 0 Å². The number of aliphatic carboxylic acids is 1. The fourth-order valence-electron chi connectivity index (χ4n) is 8.50. The molecule has 0 heterocycles. The van der Waals surface area contributed by atoms with E-state index in [1.807, 2.05) is 21.1 Å². The van der Waals surface area contributed by atoms with E-state index in [9.17, 15) is 19.5 Å². The first-order valence-electron chi connectivity index (χ1n) is 30.6. The second-order valence-corrected chi connectivity index (χ2v) is 21.6. The number of likely N-dealkylation sites (N-methyl/N-ethyl adjacent to an activating group) is 1. The van der Waals surface area contributed by atoms with Gasteiger partial charge in [-0.1, -0.05) is 241 Å². The summed E-state index contributed by atoms with van der Waals surface area (Å²) < 4.78 is 22.7. The van der Waals surface area contributed by atoms with Crippen molar-refractivity contribution in [2.24, 2.45) is 0 Å². The maximum absolute atomic E-state index is 12.9. The number of allylic oxidation sites excluding steroid dienone is 12. The van der Waals surface area contributed by atoms with E-state index in [1.165, 1.54) is 148 Å². The Kier molecular flexibility index (Phi) is 53.5. The molecule has 0 saturated carbocycles. The first-order chi connectivity index (χ1) is 36.1. The van der Waals surface area contributed by atoms with Gasteiger partial charge in [0.2, 0.25) is 0 Å². The van der Waals surface area contributed by atoms with Crippen LogP contribution in [0.1, 0.15) is 264 Å². The molecule has 9 heteroatoms. The minimum absolute atomic E-state index is 0.146. The van der Waals surface area contributed by atoms with Gasteiger partial charge in [-0.05, 0) is 83.5 Å². The molecule has 0 aromatic carbocycles. The normalized spacial score (nSPS) is 13.3. The summed E-state index contributed by atoms with van der Waals surface area (Å²) in [7, 11) is 5.92. The number of rotatable bonds is 56. The molecule has 0 aliphatic rings. The van der Waals surface area contributed by atoms with E-state index in [-0.39, 0.29) is 38.6 Å². The monoisotopic (exact) mass is 1040 g/mol. The maximum atomic E-state index is 12.9. The third-order valence-corrected chi connectivity index (χ3v) is 13.2. The Hall–Kier alpha value is -3.27. The average Bonchev–Trinajstić information content (AvgIpc) is 3.37. The molecule has 0 aromatic heterocycles. The van der Waals surface area contributed by atoms with Crippen LogP contribution in [-0.2, 0) is 33.3 Å². The summed E-state index contributed by atoms with van der Waals surface area (Å²) >= 11 is 0. The lowest BCUT2D eigenvalue weighted by Crippen LogP contribution is -2.44. The van der Waals surface area contributed by atoms with Gasteiger partial charge in [0.1, 0.15) is 13.2 Å². The summed E-state index contributed by atoms with van der Waals surface area (Å²) in [5, 5.41) is 11.8. The van der Waals surface area contributed by atoms with Crippen LogP contribution < -0.4 is 5.11 Å². The van der Waals surface area contributed by atoms with Crippen molar-refractivity contribution < 1.29 is 42.9 Å². The molecule has 428 valence electrons. The van der Waals surface area contributed by atoms with Crippen LogP contribution in [0.25, 0.3) is 0 Å². The molecule has 74 heavy (non-hydrogen) atoms. The number of ether oxygens (including phenoxy) is 4. The van der Waals surface area contributed by atoms with Crippen LogP contribution in [0.3, 0.4) is 0 Å². The second kappa shape index (κ2) is 55.9. The van der Waals surface area contributed by atoms with Crippen LogP contribution in [0, 0.1) is 0 Å². The Labute approximate surface area is 456 Å². The van der Waals surface area contributed by atoms with Gasteiger partial charge >= 0.3 is 11.9 Å². The molecule has 0 bridgehead atoms. The molecular weight excluding hydrogens is 923 g/mol. The van der Waals surface area contributed by atoms with Crippen LogP contribution in [-0.4, -0.2) is 82.3 Å². The average molecular weight is 1040 g/mol. The number of esters is 2. The molecule has 2 atom stereocenters. The minimum atomic E-state index is -1.62. The summed E-state index contributed by atoms with van der Waals surface area (Å²) in [6.07, 6.45) is 69.5. The van der Waals surface area contributed by atoms with Gasteiger partial charge in [0.15, 0.2) is 12.4 Å². The second-order valence-electron chi connectivity index (χ2n) is 21.6. The smallest absolute Gasteiger partial charge is 0.306 e. The van der Waals surface area contributed by atoms with Crippen LogP contribution in [0.2, 0.25) is 0 Å². The number of nitrogens with zero attached hydrogens (tertiary/aromatic N) is 1. The number of carboxylic acids is 1. The van der Waals surface area contributed by atoms with Crippen LogP contribution in [0.15, 0.2) is 72.9 Å². The molecule has 0 rings (SSSR count). The highest BCUT2D eigenvalue weighted by atomic mass is 16.7. The topological polar surface area (TPSA) is 111 Å². The predicted octanol–water partition coefficient (Wildman–Crippen LogP) is 16.8. The lowest BCUT2D eigenvalue weighted by molar-refractivity contribution is -0.870. The molecule has 0 aromatic rings. The van der Waals surface area contributed by atoms with Crippen molar-refractivity contribution in [2.45, 2.75) is 277 Å². The Balaban J connectivity index is 4.16. The Bertz CT molecular complexity index is 1440. The third kappa shape index (κ3) is 56.5. The largest absolute Gasteiger partial charge is 0.545 e.